The van der Waals surface area contributed by atoms with Gasteiger partial charge >= 0.3 is 0 Å². The van der Waals surface area contributed by atoms with Crippen LogP contribution in [-0.4, -0.2) is 6.08 Å². The molecule has 0 spiro atoms. The van der Waals surface area contributed by atoms with Crippen molar-refractivity contribution in [3.8, 4) is 0 Å². The molecule has 0 saturated heterocycles. The topological polar surface area (TPSA) is 29.4 Å². The Kier molecular flexibility index (Phi) is 3.46. The van der Waals surface area contributed by atoms with E-state index in [9.17, 15) is 4.79 Å². The third-order valence-corrected chi connectivity index (χ3v) is 0.548. The molecule has 0 aromatic rings. The molecule has 0 amide bonds. The molecule has 0 N–H and O–H groups in total. The van der Waals surface area contributed by atoms with Gasteiger partial charge in [0.2, 0.25) is 6.08 Å². The Morgan fingerprint density at radius 2 is 2.50 bits per heavy atom. The number of hydrogen-bond acceptors (Lipinski definition) is 2. The van der Waals surface area contributed by atoms with Crippen molar-refractivity contribution in [2.45, 2.75) is 6.92 Å². The van der Waals surface area contributed by atoms with Gasteiger partial charge in [-0.2, -0.15) is 4.99 Å². The summed E-state index contributed by atoms with van der Waals surface area (Å²) < 4.78 is 0. The molecule has 2 heteroatoms. The highest BCUT2D eigenvalue weighted by Gasteiger charge is 1.74. The minimum Gasteiger partial charge on any atom is -0.211 e. The van der Waals surface area contributed by atoms with Gasteiger partial charge < -0.3 is 0 Å². The number of aliphatic imine (C=N–C) groups is 1. The average Bonchev–Trinajstić information content (AvgIpc) is 1.68. The second kappa shape index (κ2) is 4.03. The number of carbonyl (C=O) groups excluding carboxylic acids is 1. The molecule has 0 atom stereocenters. The Bertz CT molecular complexity index is 152. The van der Waals surface area contributed by atoms with Gasteiger partial charge in [0.1, 0.15) is 0 Å². The molecule has 0 heterocycles. The van der Waals surface area contributed by atoms with E-state index in [0.717, 1.165) is 0 Å². The van der Waals surface area contributed by atoms with Crippen LogP contribution in [0.5, 0.6) is 0 Å². The zero-order chi connectivity index (χ0) is 6.41. The molecular weight excluding hydrogens is 102 g/mol. The van der Waals surface area contributed by atoms with Gasteiger partial charge in [-0.25, -0.2) is 4.79 Å². The van der Waals surface area contributed by atoms with E-state index in [1.807, 2.05) is 6.92 Å². The van der Waals surface area contributed by atoms with Crippen molar-refractivity contribution in [3.63, 3.8) is 0 Å². The molecule has 8 heavy (non-hydrogen) atoms. The molecular formula is C6H7NO. The molecule has 0 aliphatic carbocycles. The highest BCUT2D eigenvalue weighted by Crippen LogP contribution is 1.90. The molecule has 0 bridgehead atoms. The fourth-order valence-corrected chi connectivity index (χ4v) is 0.288. The van der Waals surface area contributed by atoms with E-state index in [-0.39, 0.29) is 0 Å². The van der Waals surface area contributed by atoms with Crippen molar-refractivity contribution in [2.75, 3.05) is 0 Å². The zero-order valence-electron chi connectivity index (χ0n) is 4.72. The predicted octanol–water partition coefficient (Wildman–Crippen LogP) is 1.41. The number of hydrogen-bond donors (Lipinski definition) is 0. The maximum atomic E-state index is 9.50. The van der Waals surface area contributed by atoms with Gasteiger partial charge in [-0.05, 0) is 13.0 Å². The van der Waals surface area contributed by atoms with Gasteiger partial charge in [-0.3, -0.25) is 0 Å². The molecule has 42 valence electrons. The molecule has 0 aliphatic heterocycles. The minimum absolute atomic E-state index is 0.433. The molecule has 0 radical (unpaired) electrons. The first-order valence-corrected chi connectivity index (χ1v) is 2.20. The van der Waals surface area contributed by atoms with Crippen LogP contribution in [0.15, 0.2) is 29.4 Å². The largest absolute Gasteiger partial charge is 0.240 e. The SMILES string of the molecule is C=C(/C=C\C)N=C=O. The van der Waals surface area contributed by atoms with Gasteiger partial charge in [0.05, 0.1) is 5.70 Å². The minimum atomic E-state index is 0.433. The summed E-state index contributed by atoms with van der Waals surface area (Å²) in [5, 5.41) is 0. The van der Waals surface area contributed by atoms with Crippen LogP contribution in [0.2, 0.25) is 0 Å². The third-order valence-electron chi connectivity index (χ3n) is 0.548. The standard InChI is InChI=1S/C6H7NO/c1-3-4-6(2)7-5-8/h3-4H,2H2,1H3/b4-3-. The number of rotatable bonds is 2. The Labute approximate surface area is 48.2 Å². The average molecular weight is 109 g/mol. The van der Waals surface area contributed by atoms with Crippen LogP contribution < -0.4 is 0 Å². The molecule has 0 saturated carbocycles. The van der Waals surface area contributed by atoms with Gasteiger partial charge in [-0.15, -0.1) is 0 Å². The fourth-order valence-electron chi connectivity index (χ4n) is 0.288. The van der Waals surface area contributed by atoms with Crippen molar-refractivity contribution in [3.05, 3.63) is 24.4 Å². The first kappa shape index (κ1) is 6.86. The summed E-state index contributed by atoms with van der Waals surface area (Å²) in [6.07, 6.45) is 4.76. The van der Waals surface area contributed by atoms with Crippen molar-refractivity contribution in [2.24, 2.45) is 4.99 Å². The maximum absolute atomic E-state index is 9.50. The van der Waals surface area contributed by atoms with E-state index < -0.39 is 0 Å². The second-order valence-corrected chi connectivity index (χ2v) is 1.19. The first-order valence-electron chi connectivity index (χ1n) is 2.20. The van der Waals surface area contributed by atoms with E-state index in [1.54, 1.807) is 12.2 Å². The van der Waals surface area contributed by atoms with Crippen LogP contribution >= 0.6 is 0 Å². The molecule has 0 unspecified atom stereocenters. The Hall–Kier alpha value is -1.14. The molecule has 0 aromatic heterocycles. The van der Waals surface area contributed by atoms with Crippen LogP contribution in [0.1, 0.15) is 6.92 Å². The van der Waals surface area contributed by atoms with E-state index in [2.05, 4.69) is 11.6 Å². The number of isocyanates is 1. The summed E-state index contributed by atoms with van der Waals surface area (Å²) in [5.74, 6) is 0. The molecule has 0 rings (SSSR count). The smallest absolute Gasteiger partial charge is 0.211 e. The molecule has 0 fully saturated rings. The van der Waals surface area contributed by atoms with Crippen LogP contribution in [0.4, 0.5) is 0 Å². The van der Waals surface area contributed by atoms with Crippen LogP contribution in [0.25, 0.3) is 0 Å². The van der Waals surface area contributed by atoms with E-state index in [4.69, 9.17) is 0 Å². The summed E-state index contributed by atoms with van der Waals surface area (Å²) in [5.41, 5.74) is 0.433. The van der Waals surface area contributed by atoms with Crippen LogP contribution in [0.3, 0.4) is 0 Å². The fraction of sp³-hybridized carbons (Fsp3) is 0.167. The summed E-state index contributed by atoms with van der Waals surface area (Å²) in [6.45, 7) is 5.24. The lowest BCUT2D eigenvalue weighted by Gasteiger charge is -1.77. The van der Waals surface area contributed by atoms with Crippen LogP contribution in [-0.2, 0) is 4.79 Å². The van der Waals surface area contributed by atoms with E-state index in [1.165, 1.54) is 6.08 Å². The lowest BCUT2D eigenvalue weighted by atomic mass is 10.4. The van der Waals surface area contributed by atoms with Crippen LogP contribution in [0, 0.1) is 0 Å². The first-order chi connectivity index (χ1) is 3.81. The number of allylic oxidation sites excluding steroid dienone is 2. The van der Waals surface area contributed by atoms with Crippen molar-refractivity contribution < 1.29 is 4.79 Å². The van der Waals surface area contributed by atoms with Crippen molar-refractivity contribution in [1.82, 2.24) is 0 Å². The Morgan fingerprint density at radius 1 is 1.88 bits per heavy atom. The normalized spacial score (nSPS) is 8.62. The Morgan fingerprint density at radius 3 is 2.88 bits per heavy atom. The second-order valence-electron chi connectivity index (χ2n) is 1.19. The predicted molar refractivity (Wildman–Crippen MR) is 32.1 cm³/mol. The highest BCUT2D eigenvalue weighted by atomic mass is 16.1. The van der Waals surface area contributed by atoms with Crippen molar-refractivity contribution >= 4 is 6.08 Å². The lowest BCUT2D eigenvalue weighted by molar-refractivity contribution is 0.565. The van der Waals surface area contributed by atoms with Gasteiger partial charge in [0, 0.05) is 0 Å². The third kappa shape index (κ3) is 3.07. The monoisotopic (exact) mass is 109 g/mol. The summed E-state index contributed by atoms with van der Waals surface area (Å²) in [7, 11) is 0. The highest BCUT2D eigenvalue weighted by molar-refractivity contribution is 5.38. The maximum Gasteiger partial charge on any atom is 0.240 e. The summed E-state index contributed by atoms with van der Waals surface area (Å²) in [6, 6.07) is 0. The van der Waals surface area contributed by atoms with Crippen molar-refractivity contribution in [1.29, 1.82) is 0 Å². The Balaban J connectivity index is 3.84. The van der Waals surface area contributed by atoms with Gasteiger partial charge in [-0.1, -0.05) is 12.7 Å². The summed E-state index contributed by atoms with van der Waals surface area (Å²) in [4.78, 5) is 12.7. The molecule has 2 nitrogen and oxygen atoms in total. The summed E-state index contributed by atoms with van der Waals surface area (Å²) >= 11 is 0. The number of nitrogens with zero attached hydrogens (tertiary/aromatic N) is 1. The lowest BCUT2D eigenvalue weighted by Crippen LogP contribution is -1.62. The van der Waals surface area contributed by atoms with E-state index in [0.29, 0.717) is 5.70 Å². The van der Waals surface area contributed by atoms with Gasteiger partial charge in [0.15, 0.2) is 0 Å². The molecule has 0 aliphatic rings. The van der Waals surface area contributed by atoms with E-state index >= 15 is 0 Å². The zero-order valence-corrected chi connectivity index (χ0v) is 4.72. The van der Waals surface area contributed by atoms with Gasteiger partial charge in [0.25, 0.3) is 0 Å². The molecule has 0 aromatic carbocycles. The quantitative estimate of drug-likeness (QED) is 0.299.